The number of carbonyl (C=O) groups excluding carboxylic acids is 1. The van der Waals surface area contributed by atoms with Crippen molar-refractivity contribution in [3.05, 3.63) is 96.3 Å². The highest BCUT2D eigenvalue weighted by Crippen LogP contribution is 2.19. The number of hydrogen-bond acceptors (Lipinski definition) is 4. The van der Waals surface area contributed by atoms with E-state index in [0.29, 0.717) is 23.7 Å². The third-order valence-corrected chi connectivity index (χ3v) is 4.74. The topological polar surface area (TPSA) is 72.9 Å². The van der Waals surface area contributed by atoms with Gasteiger partial charge in [-0.1, -0.05) is 12.1 Å². The number of pyridine rings is 2. The highest BCUT2D eigenvalue weighted by atomic mass is 16.5. The maximum Gasteiger partial charge on any atom is 0.275 e. The fraction of sp³-hybridized carbons (Fsp3) is 0.0870. The first-order valence-electron chi connectivity index (χ1n) is 9.56. The van der Waals surface area contributed by atoms with Gasteiger partial charge in [-0.05, 0) is 48.9 Å². The molecule has 0 saturated carbocycles. The summed E-state index contributed by atoms with van der Waals surface area (Å²) in [7, 11) is 0. The molecule has 0 aliphatic rings. The van der Waals surface area contributed by atoms with Crippen molar-refractivity contribution >= 4 is 22.9 Å². The van der Waals surface area contributed by atoms with Crippen LogP contribution in [0.4, 0.5) is 5.69 Å². The van der Waals surface area contributed by atoms with Gasteiger partial charge in [0.1, 0.15) is 29.3 Å². The van der Waals surface area contributed by atoms with Gasteiger partial charge < -0.3 is 18.9 Å². The molecular weight excluding hydrogens is 378 g/mol. The molecule has 1 aromatic carbocycles. The highest BCUT2D eigenvalue weighted by molar-refractivity contribution is 6.03. The maximum atomic E-state index is 12.6. The van der Waals surface area contributed by atoms with Crippen LogP contribution in [0.15, 0.2) is 79.4 Å². The van der Waals surface area contributed by atoms with Crippen LogP contribution in [-0.2, 0) is 6.61 Å². The first kappa shape index (κ1) is 17.9. The average molecular weight is 397 g/mol. The van der Waals surface area contributed by atoms with E-state index < -0.39 is 0 Å². The molecule has 4 aromatic heterocycles. The van der Waals surface area contributed by atoms with Gasteiger partial charge in [0.05, 0.1) is 5.69 Å². The minimum absolute atomic E-state index is 0.270. The van der Waals surface area contributed by atoms with Gasteiger partial charge in [0.15, 0.2) is 0 Å². The summed E-state index contributed by atoms with van der Waals surface area (Å²) in [5, 5.41) is 2.88. The normalized spacial score (nSPS) is 11.1. The molecule has 0 fully saturated rings. The monoisotopic (exact) mass is 397 g/mol. The van der Waals surface area contributed by atoms with Crippen molar-refractivity contribution in [3.63, 3.8) is 0 Å². The number of amides is 1. The molecule has 0 saturated heterocycles. The summed E-state index contributed by atoms with van der Waals surface area (Å²) in [6.45, 7) is 2.33. The number of carbonyl (C=O) groups is 1. The van der Waals surface area contributed by atoms with Crippen LogP contribution in [0.3, 0.4) is 0 Å². The molecule has 148 valence electrons. The number of rotatable bonds is 5. The van der Waals surface area contributed by atoms with E-state index >= 15 is 0 Å². The lowest BCUT2D eigenvalue weighted by Gasteiger charge is -2.07. The van der Waals surface area contributed by atoms with Crippen molar-refractivity contribution in [3.8, 4) is 5.75 Å². The Hall–Kier alpha value is -4.13. The van der Waals surface area contributed by atoms with E-state index in [2.05, 4.69) is 15.3 Å². The zero-order valence-corrected chi connectivity index (χ0v) is 16.3. The zero-order chi connectivity index (χ0) is 20.5. The van der Waals surface area contributed by atoms with Crippen LogP contribution in [0.5, 0.6) is 5.75 Å². The van der Waals surface area contributed by atoms with Crippen molar-refractivity contribution in [2.24, 2.45) is 0 Å². The van der Waals surface area contributed by atoms with E-state index in [4.69, 9.17) is 4.74 Å². The summed E-state index contributed by atoms with van der Waals surface area (Å²) < 4.78 is 9.64. The molecular formula is C23H19N5O2. The summed E-state index contributed by atoms with van der Waals surface area (Å²) in [5.41, 5.74) is 4.54. The number of benzene rings is 1. The van der Waals surface area contributed by atoms with E-state index in [1.165, 1.54) is 0 Å². The Bertz CT molecular complexity index is 1340. The third-order valence-electron chi connectivity index (χ3n) is 4.74. The maximum absolute atomic E-state index is 12.6. The molecule has 0 bridgehead atoms. The summed E-state index contributed by atoms with van der Waals surface area (Å²) in [5.74, 6) is 0.379. The standard InChI is InChI=1S/C23H19N5O2/c1-16-8-10-28-14-20(26-22(28)11-16)23(29)25-17-5-4-6-19(12-17)30-15-18-13-27-9-3-2-7-21(27)24-18/h2-14H,15H2,1H3,(H,25,29). The van der Waals surface area contributed by atoms with Crippen LogP contribution in [0.1, 0.15) is 21.7 Å². The van der Waals surface area contributed by atoms with Gasteiger partial charge in [-0.25, -0.2) is 9.97 Å². The fourth-order valence-corrected chi connectivity index (χ4v) is 3.27. The Balaban J connectivity index is 1.28. The Kier molecular flexibility index (Phi) is 4.40. The quantitative estimate of drug-likeness (QED) is 0.484. The van der Waals surface area contributed by atoms with Crippen LogP contribution in [-0.4, -0.2) is 24.7 Å². The smallest absolute Gasteiger partial charge is 0.275 e. The van der Waals surface area contributed by atoms with Gasteiger partial charge in [-0.15, -0.1) is 0 Å². The van der Waals surface area contributed by atoms with Gasteiger partial charge in [-0.3, -0.25) is 4.79 Å². The second kappa shape index (κ2) is 7.36. The number of imidazole rings is 2. The predicted molar refractivity (Wildman–Crippen MR) is 114 cm³/mol. The highest BCUT2D eigenvalue weighted by Gasteiger charge is 2.12. The molecule has 0 radical (unpaired) electrons. The number of ether oxygens (including phenoxy) is 1. The van der Waals surface area contributed by atoms with Crippen molar-refractivity contribution in [2.75, 3.05) is 5.32 Å². The zero-order valence-electron chi connectivity index (χ0n) is 16.3. The van der Waals surface area contributed by atoms with Gasteiger partial charge >= 0.3 is 0 Å². The number of nitrogens with zero attached hydrogens (tertiary/aromatic N) is 4. The molecule has 0 spiro atoms. The molecule has 5 aromatic rings. The Morgan fingerprint density at radius 1 is 0.967 bits per heavy atom. The van der Waals surface area contributed by atoms with Crippen LogP contribution in [0.2, 0.25) is 0 Å². The van der Waals surface area contributed by atoms with Crippen LogP contribution in [0, 0.1) is 6.92 Å². The van der Waals surface area contributed by atoms with Crippen LogP contribution >= 0.6 is 0 Å². The van der Waals surface area contributed by atoms with Crippen molar-refractivity contribution < 1.29 is 9.53 Å². The largest absolute Gasteiger partial charge is 0.487 e. The van der Waals surface area contributed by atoms with Gasteiger partial charge in [-0.2, -0.15) is 0 Å². The lowest BCUT2D eigenvalue weighted by Crippen LogP contribution is -2.12. The first-order valence-corrected chi connectivity index (χ1v) is 9.56. The molecule has 4 heterocycles. The molecule has 0 unspecified atom stereocenters. The van der Waals surface area contributed by atoms with Crippen molar-refractivity contribution in [1.82, 2.24) is 18.8 Å². The van der Waals surface area contributed by atoms with Crippen molar-refractivity contribution in [2.45, 2.75) is 13.5 Å². The van der Waals surface area contributed by atoms with E-state index in [0.717, 1.165) is 22.6 Å². The van der Waals surface area contributed by atoms with Crippen molar-refractivity contribution in [1.29, 1.82) is 0 Å². The Labute approximate surface area is 172 Å². The summed E-state index contributed by atoms with van der Waals surface area (Å²) in [4.78, 5) is 21.5. The predicted octanol–water partition coefficient (Wildman–Crippen LogP) is 4.12. The van der Waals surface area contributed by atoms with Crippen LogP contribution in [0.25, 0.3) is 11.3 Å². The summed E-state index contributed by atoms with van der Waals surface area (Å²) in [6, 6.07) is 17.0. The molecule has 0 aliphatic carbocycles. The molecule has 0 aliphatic heterocycles. The van der Waals surface area contributed by atoms with E-state index in [1.807, 2.05) is 82.8 Å². The minimum atomic E-state index is -0.270. The molecule has 0 atom stereocenters. The van der Waals surface area contributed by atoms with E-state index in [1.54, 1.807) is 12.3 Å². The number of nitrogens with one attached hydrogen (secondary N) is 1. The molecule has 30 heavy (non-hydrogen) atoms. The third kappa shape index (κ3) is 3.60. The number of hydrogen-bond donors (Lipinski definition) is 1. The van der Waals surface area contributed by atoms with Gasteiger partial charge in [0.25, 0.3) is 5.91 Å². The Morgan fingerprint density at radius 3 is 2.77 bits per heavy atom. The lowest BCUT2D eigenvalue weighted by molar-refractivity contribution is 0.102. The second-order valence-corrected chi connectivity index (χ2v) is 7.06. The second-order valence-electron chi connectivity index (χ2n) is 7.06. The lowest BCUT2D eigenvalue weighted by atomic mass is 10.3. The van der Waals surface area contributed by atoms with Gasteiger partial charge in [0, 0.05) is 36.5 Å². The number of aryl methyl sites for hydroxylation is 1. The first-order chi connectivity index (χ1) is 14.6. The summed E-state index contributed by atoms with van der Waals surface area (Å²) in [6.07, 6.45) is 7.49. The fourth-order valence-electron chi connectivity index (χ4n) is 3.27. The van der Waals surface area contributed by atoms with E-state index in [9.17, 15) is 4.79 Å². The minimum Gasteiger partial charge on any atom is -0.487 e. The molecule has 1 amide bonds. The van der Waals surface area contributed by atoms with E-state index in [-0.39, 0.29) is 5.91 Å². The molecule has 7 nitrogen and oxygen atoms in total. The SMILES string of the molecule is Cc1ccn2cc(C(=O)Nc3cccc(OCc4cn5ccccc5n4)c3)nc2c1. The average Bonchev–Trinajstić information content (AvgIpc) is 3.36. The number of anilines is 1. The number of aromatic nitrogens is 4. The molecule has 5 rings (SSSR count). The molecule has 7 heteroatoms. The summed E-state index contributed by atoms with van der Waals surface area (Å²) >= 11 is 0. The Morgan fingerprint density at radius 2 is 1.87 bits per heavy atom. The van der Waals surface area contributed by atoms with Crippen LogP contribution < -0.4 is 10.1 Å². The number of fused-ring (bicyclic) bond motifs is 2. The van der Waals surface area contributed by atoms with Gasteiger partial charge in [0.2, 0.25) is 0 Å². The molecule has 1 N–H and O–H groups in total.